The number of rotatable bonds is 6. The molecule has 0 unspecified atom stereocenters. The first kappa shape index (κ1) is 19.5. The number of thiazole rings is 1. The maximum absolute atomic E-state index is 12.3. The molecule has 0 spiro atoms. The minimum atomic E-state index is -0.197. The summed E-state index contributed by atoms with van der Waals surface area (Å²) >= 11 is 13.4. The number of carbonyl (C=O) groups is 1. The average Bonchev–Trinajstić information content (AvgIpc) is 3.08. The Morgan fingerprint density at radius 3 is 2.44 bits per heavy atom. The lowest BCUT2D eigenvalue weighted by atomic mass is 10.2. The Morgan fingerprint density at radius 2 is 1.78 bits per heavy atom. The highest BCUT2D eigenvalue weighted by Gasteiger charge is 2.12. The molecule has 1 amide bonds. The fourth-order valence-corrected chi connectivity index (χ4v) is 3.83. The molecule has 1 aromatic heterocycles. The molecule has 0 saturated heterocycles. The zero-order valence-corrected chi connectivity index (χ0v) is 16.9. The van der Waals surface area contributed by atoms with Gasteiger partial charge >= 0.3 is 0 Å². The van der Waals surface area contributed by atoms with E-state index in [9.17, 15) is 4.79 Å². The largest absolute Gasteiger partial charge is 0.493 e. The summed E-state index contributed by atoms with van der Waals surface area (Å²) in [4.78, 5) is 16.8. The Hall–Kier alpha value is -2.28. The number of hydrogen-bond acceptors (Lipinski definition) is 5. The van der Waals surface area contributed by atoms with Crippen LogP contribution in [0.3, 0.4) is 0 Å². The summed E-state index contributed by atoms with van der Waals surface area (Å²) in [6, 6.07) is 10.5. The van der Waals surface area contributed by atoms with Crippen molar-refractivity contribution in [1.82, 2.24) is 4.98 Å². The highest BCUT2D eigenvalue weighted by Crippen LogP contribution is 2.33. The van der Waals surface area contributed by atoms with Gasteiger partial charge in [0, 0.05) is 26.7 Å². The summed E-state index contributed by atoms with van der Waals surface area (Å²) < 4.78 is 10.6. The zero-order valence-electron chi connectivity index (χ0n) is 14.6. The Morgan fingerprint density at radius 1 is 1.07 bits per heavy atom. The quantitative estimate of drug-likeness (QED) is 0.583. The zero-order chi connectivity index (χ0) is 19.4. The minimum Gasteiger partial charge on any atom is -0.493 e. The van der Waals surface area contributed by atoms with Crippen molar-refractivity contribution in [1.29, 1.82) is 0 Å². The smallest absolute Gasteiger partial charge is 0.230 e. The number of halogens is 2. The Balaban J connectivity index is 1.71. The van der Waals surface area contributed by atoms with Gasteiger partial charge in [0.05, 0.1) is 26.3 Å². The normalized spacial score (nSPS) is 10.5. The molecule has 1 heterocycles. The Kier molecular flexibility index (Phi) is 6.21. The molecule has 1 N–H and O–H groups in total. The van der Waals surface area contributed by atoms with Gasteiger partial charge in [0.2, 0.25) is 5.91 Å². The molecule has 0 aliphatic heterocycles. The molecule has 27 heavy (non-hydrogen) atoms. The second kappa shape index (κ2) is 8.61. The van der Waals surface area contributed by atoms with Gasteiger partial charge < -0.3 is 14.8 Å². The topological polar surface area (TPSA) is 60.5 Å². The van der Waals surface area contributed by atoms with Gasteiger partial charge in [-0.3, -0.25) is 4.79 Å². The maximum Gasteiger partial charge on any atom is 0.230 e. The molecule has 0 bridgehead atoms. The fourth-order valence-electron chi connectivity index (χ4n) is 2.49. The standard InChI is InChI=1S/C19H16Cl2N2O3S/c1-25-16-4-3-11(5-17(16)26-2)19-23-15(10-27-19)9-18(24)22-14-7-12(20)6-13(21)8-14/h3-8,10H,9H2,1-2H3,(H,22,24). The molecular formula is C19H16Cl2N2O3S. The number of benzene rings is 2. The SMILES string of the molecule is COc1ccc(-c2nc(CC(=O)Nc3cc(Cl)cc(Cl)c3)cs2)cc1OC. The number of amides is 1. The number of anilines is 1. The van der Waals surface area contributed by atoms with Crippen LogP contribution in [0.5, 0.6) is 11.5 Å². The summed E-state index contributed by atoms with van der Waals surface area (Å²) in [5, 5.41) is 6.35. The number of hydrogen-bond donors (Lipinski definition) is 1. The van der Waals surface area contributed by atoms with E-state index in [1.165, 1.54) is 11.3 Å². The highest BCUT2D eigenvalue weighted by molar-refractivity contribution is 7.13. The molecule has 0 atom stereocenters. The molecular weight excluding hydrogens is 407 g/mol. The van der Waals surface area contributed by atoms with Crippen LogP contribution in [0.2, 0.25) is 10.0 Å². The van der Waals surface area contributed by atoms with Gasteiger partial charge in [-0.1, -0.05) is 23.2 Å². The number of aromatic nitrogens is 1. The average molecular weight is 423 g/mol. The van der Waals surface area contributed by atoms with Gasteiger partial charge in [0.15, 0.2) is 11.5 Å². The Bertz CT molecular complexity index is 955. The predicted octanol–water partition coefficient (Wildman–Crippen LogP) is 5.32. The van der Waals surface area contributed by atoms with Crippen molar-refractivity contribution in [2.75, 3.05) is 19.5 Å². The van der Waals surface area contributed by atoms with Gasteiger partial charge in [-0.2, -0.15) is 0 Å². The summed E-state index contributed by atoms with van der Waals surface area (Å²) in [6.45, 7) is 0. The monoisotopic (exact) mass is 422 g/mol. The van der Waals surface area contributed by atoms with E-state index < -0.39 is 0 Å². The number of nitrogens with zero attached hydrogens (tertiary/aromatic N) is 1. The first-order valence-corrected chi connectivity index (χ1v) is 9.55. The van der Waals surface area contributed by atoms with Crippen LogP contribution in [0.1, 0.15) is 5.69 Å². The molecule has 8 heteroatoms. The van der Waals surface area contributed by atoms with Gasteiger partial charge in [0.1, 0.15) is 5.01 Å². The number of ether oxygens (including phenoxy) is 2. The molecule has 0 radical (unpaired) electrons. The summed E-state index contributed by atoms with van der Waals surface area (Å²) in [5.41, 5.74) is 2.12. The van der Waals surface area contributed by atoms with Crippen LogP contribution >= 0.6 is 34.5 Å². The summed E-state index contributed by atoms with van der Waals surface area (Å²) in [7, 11) is 3.17. The molecule has 140 valence electrons. The highest BCUT2D eigenvalue weighted by atomic mass is 35.5. The minimum absolute atomic E-state index is 0.147. The van der Waals surface area contributed by atoms with Crippen LogP contribution in [0.25, 0.3) is 10.6 Å². The molecule has 2 aromatic carbocycles. The molecule has 0 aliphatic rings. The van der Waals surface area contributed by atoms with Crippen LogP contribution in [-0.2, 0) is 11.2 Å². The van der Waals surface area contributed by atoms with Crippen molar-refractivity contribution in [2.24, 2.45) is 0 Å². The van der Waals surface area contributed by atoms with Gasteiger partial charge in [-0.15, -0.1) is 11.3 Å². The van der Waals surface area contributed by atoms with E-state index in [0.29, 0.717) is 32.9 Å². The van der Waals surface area contributed by atoms with E-state index in [0.717, 1.165) is 10.6 Å². The van der Waals surface area contributed by atoms with E-state index in [1.54, 1.807) is 32.4 Å². The Labute approximate surface area is 170 Å². The van der Waals surface area contributed by atoms with Crippen LogP contribution in [0.15, 0.2) is 41.8 Å². The molecule has 5 nitrogen and oxygen atoms in total. The summed E-state index contributed by atoms with van der Waals surface area (Å²) in [5.74, 6) is 1.08. The predicted molar refractivity (Wildman–Crippen MR) is 109 cm³/mol. The van der Waals surface area contributed by atoms with Gasteiger partial charge in [0.25, 0.3) is 0 Å². The lowest BCUT2D eigenvalue weighted by Gasteiger charge is -2.08. The second-order valence-corrected chi connectivity index (χ2v) is 7.33. The van der Waals surface area contributed by atoms with Crippen molar-refractivity contribution < 1.29 is 14.3 Å². The third-order valence-corrected chi connectivity index (χ3v) is 5.05. The van der Waals surface area contributed by atoms with Gasteiger partial charge in [-0.05, 0) is 36.4 Å². The van der Waals surface area contributed by atoms with E-state index >= 15 is 0 Å². The van der Waals surface area contributed by atoms with Crippen molar-refractivity contribution in [2.45, 2.75) is 6.42 Å². The summed E-state index contributed by atoms with van der Waals surface area (Å²) in [6.07, 6.45) is 0.147. The lowest BCUT2D eigenvalue weighted by molar-refractivity contribution is -0.115. The maximum atomic E-state index is 12.3. The molecule has 0 fully saturated rings. The number of carbonyl (C=O) groups excluding carboxylic acids is 1. The van der Waals surface area contributed by atoms with Crippen molar-refractivity contribution in [3.63, 3.8) is 0 Å². The van der Waals surface area contributed by atoms with E-state index in [2.05, 4.69) is 10.3 Å². The lowest BCUT2D eigenvalue weighted by Crippen LogP contribution is -2.14. The van der Waals surface area contributed by atoms with Crippen LogP contribution in [-0.4, -0.2) is 25.1 Å². The van der Waals surface area contributed by atoms with Crippen molar-refractivity contribution >= 4 is 46.1 Å². The van der Waals surface area contributed by atoms with Crippen molar-refractivity contribution in [3.8, 4) is 22.1 Å². The number of methoxy groups -OCH3 is 2. The van der Waals surface area contributed by atoms with Crippen LogP contribution in [0, 0.1) is 0 Å². The molecule has 3 aromatic rings. The fraction of sp³-hybridized carbons (Fsp3) is 0.158. The first-order chi connectivity index (χ1) is 13.0. The van der Waals surface area contributed by atoms with E-state index in [-0.39, 0.29) is 12.3 Å². The molecule has 0 saturated carbocycles. The van der Waals surface area contributed by atoms with Crippen molar-refractivity contribution in [3.05, 3.63) is 57.5 Å². The third kappa shape index (κ3) is 4.91. The van der Waals surface area contributed by atoms with Crippen LogP contribution < -0.4 is 14.8 Å². The van der Waals surface area contributed by atoms with E-state index in [1.807, 2.05) is 23.6 Å². The van der Waals surface area contributed by atoms with E-state index in [4.69, 9.17) is 32.7 Å². The van der Waals surface area contributed by atoms with Gasteiger partial charge in [-0.25, -0.2) is 4.98 Å². The first-order valence-electron chi connectivity index (χ1n) is 7.91. The molecule has 3 rings (SSSR count). The third-order valence-electron chi connectivity index (χ3n) is 3.67. The second-order valence-electron chi connectivity index (χ2n) is 5.60. The number of nitrogens with one attached hydrogen (secondary N) is 1. The van der Waals surface area contributed by atoms with Crippen LogP contribution in [0.4, 0.5) is 5.69 Å². The molecule has 0 aliphatic carbocycles.